The molecule has 0 aromatic rings. The Kier molecular flexibility index (Phi) is 8.94. The van der Waals surface area contributed by atoms with Gasteiger partial charge in [0, 0.05) is 6.42 Å². The minimum Gasteiger partial charge on any atom is -0.378 e. The van der Waals surface area contributed by atoms with Gasteiger partial charge in [-0.25, -0.2) is 0 Å². The van der Waals surface area contributed by atoms with E-state index in [2.05, 4.69) is 20.8 Å². The van der Waals surface area contributed by atoms with E-state index in [1.165, 1.54) is 39.0 Å². The molecule has 27 heavy (non-hydrogen) atoms. The summed E-state index contributed by atoms with van der Waals surface area (Å²) in [5.41, 5.74) is -1.35. The van der Waals surface area contributed by atoms with Crippen LogP contribution < -0.4 is 0 Å². The first kappa shape index (κ1) is 22.5. The van der Waals surface area contributed by atoms with E-state index in [-0.39, 0.29) is 18.0 Å². The van der Waals surface area contributed by atoms with Crippen LogP contribution in [0.25, 0.3) is 0 Å². The van der Waals surface area contributed by atoms with Gasteiger partial charge in [-0.3, -0.25) is 9.59 Å². The largest absolute Gasteiger partial charge is 0.378 e. The van der Waals surface area contributed by atoms with Crippen molar-refractivity contribution < 1.29 is 19.1 Å². The molecule has 2 rings (SSSR count). The summed E-state index contributed by atoms with van der Waals surface area (Å²) in [6.07, 6.45) is 11.7. The summed E-state index contributed by atoms with van der Waals surface area (Å²) >= 11 is 0. The van der Waals surface area contributed by atoms with Crippen LogP contribution in [0.3, 0.4) is 0 Å². The first-order valence-corrected chi connectivity index (χ1v) is 11.1. The topological polar surface area (TPSA) is 52.6 Å². The quantitative estimate of drug-likeness (QED) is 0.316. The summed E-state index contributed by atoms with van der Waals surface area (Å²) in [4.78, 5) is 24.5. The van der Waals surface area contributed by atoms with Crippen LogP contribution in [0.2, 0.25) is 0 Å². The molecule has 0 amide bonds. The maximum atomic E-state index is 12.5. The second kappa shape index (κ2) is 10.7. The van der Waals surface area contributed by atoms with Crippen molar-refractivity contribution >= 4 is 12.1 Å². The highest BCUT2D eigenvalue weighted by atomic mass is 16.5. The van der Waals surface area contributed by atoms with Crippen molar-refractivity contribution in [3.8, 4) is 0 Å². The van der Waals surface area contributed by atoms with Gasteiger partial charge in [-0.15, -0.1) is 0 Å². The monoisotopic (exact) mass is 380 g/mol. The van der Waals surface area contributed by atoms with Gasteiger partial charge in [0.2, 0.25) is 0 Å². The van der Waals surface area contributed by atoms with Gasteiger partial charge in [-0.05, 0) is 50.4 Å². The van der Waals surface area contributed by atoms with E-state index in [0.717, 1.165) is 32.0 Å². The molecule has 4 nitrogen and oxygen atoms in total. The number of Topliss-reactive ketones (excluding diaryl/α,β-unsaturated/α-hetero) is 1. The molecule has 2 fully saturated rings. The van der Waals surface area contributed by atoms with Crippen molar-refractivity contribution in [2.24, 2.45) is 17.8 Å². The van der Waals surface area contributed by atoms with Crippen molar-refractivity contribution in [2.45, 2.75) is 110 Å². The minimum absolute atomic E-state index is 0.0271. The molecule has 4 heteroatoms. The van der Waals surface area contributed by atoms with E-state index in [4.69, 9.17) is 9.47 Å². The fourth-order valence-corrected chi connectivity index (χ4v) is 4.79. The predicted octanol–water partition coefficient (Wildman–Crippen LogP) is 5.12. The van der Waals surface area contributed by atoms with Crippen LogP contribution in [-0.4, -0.2) is 36.5 Å². The van der Waals surface area contributed by atoms with Crippen LogP contribution in [0.5, 0.6) is 0 Å². The van der Waals surface area contributed by atoms with Crippen molar-refractivity contribution in [2.75, 3.05) is 6.61 Å². The Morgan fingerprint density at radius 3 is 2.33 bits per heavy atom. The number of aldehydes is 1. The van der Waals surface area contributed by atoms with Gasteiger partial charge in [-0.2, -0.15) is 0 Å². The molecule has 2 aliphatic carbocycles. The lowest BCUT2D eigenvalue weighted by Crippen LogP contribution is -2.49. The van der Waals surface area contributed by atoms with Crippen LogP contribution in [0.15, 0.2) is 0 Å². The number of ketones is 1. The summed E-state index contributed by atoms with van der Waals surface area (Å²) in [6.45, 7) is 8.55. The van der Waals surface area contributed by atoms with Gasteiger partial charge < -0.3 is 9.47 Å². The fourth-order valence-electron chi connectivity index (χ4n) is 4.79. The molecular formula is C23H40O4. The number of rotatable bonds is 9. The van der Waals surface area contributed by atoms with Gasteiger partial charge in [0.1, 0.15) is 0 Å². The molecule has 0 radical (unpaired) electrons. The highest BCUT2D eigenvalue weighted by molar-refractivity contribution is 6.00. The van der Waals surface area contributed by atoms with E-state index in [9.17, 15) is 9.59 Å². The Morgan fingerprint density at radius 1 is 1.11 bits per heavy atom. The Hall–Kier alpha value is -0.740. The minimum atomic E-state index is -1.35. The van der Waals surface area contributed by atoms with E-state index < -0.39 is 5.60 Å². The Labute approximate surface area is 165 Å². The molecule has 0 heterocycles. The zero-order valence-electron chi connectivity index (χ0n) is 17.9. The summed E-state index contributed by atoms with van der Waals surface area (Å²) in [6, 6.07) is 0. The van der Waals surface area contributed by atoms with Gasteiger partial charge in [0.25, 0.3) is 0 Å². The molecule has 0 N–H and O–H groups in total. The van der Waals surface area contributed by atoms with E-state index in [1.807, 2.05) is 0 Å². The van der Waals surface area contributed by atoms with E-state index in [0.29, 0.717) is 30.8 Å². The lowest BCUT2D eigenvalue weighted by molar-refractivity contribution is -0.172. The van der Waals surface area contributed by atoms with Crippen LogP contribution in [0.1, 0.15) is 91.9 Å². The fraction of sp³-hybridized carbons (Fsp3) is 0.913. The zero-order valence-corrected chi connectivity index (χ0v) is 17.9. The van der Waals surface area contributed by atoms with E-state index >= 15 is 0 Å². The summed E-state index contributed by atoms with van der Waals surface area (Å²) in [5.74, 6) is 1.27. The van der Waals surface area contributed by atoms with Crippen LogP contribution in [-0.2, 0) is 19.1 Å². The molecule has 0 aromatic carbocycles. The summed E-state index contributed by atoms with van der Waals surface area (Å²) in [7, 11) is 0. The number of carbonyl (C=O) groups is 2. The van der Waals surface area contributed by atoms with Gasteiger partial charge in [0.05, 0.1) is 18.8 Å². The maximum Gasteiger partial charge on any atom is 0.183 e. The second-order valence-corrected chi connectivity index (χ2v) is 9.28. The third kappa shape index (κ3) is 6.39. The molecule has 2 saturated carbocycles. The van der Waals surface area contributed by atoms with Gasteiger partial charge >= 0.3 is 0 Å². The zero-order chi connectivity index (χ0) is 19.9. The molecule has 4 atom stereocenters. The first-order valence-electron chi connectivity index (χ1n) is 11.1. The molecule has 0 saturated heterocycles. The molecule has 4 unspecified atom stereocenters. The lowest BCUT2D eigenvalue weighted by atomic mass is 9.75. The smallest absolute Gasteiger partial charge is 0.183 e. The van der Waals surface area contributed by atoms with Crippen LogP contribution in [0.4, 0.5) is 0 Å². The Bertz CT molecular complexity index is 467. The number of hydrogen-bond acceptors (Lipinski definition) is 4. The van der Waals surface area contributed by atoms with Crippen LogP contribution >= 0.6 is 0 Å². The lowest BCUT2D eigenvalue weighted by Gasteiger charge is -2.41. The van der Waals surface area contributed by atoms with Crippen molar-refractivity contribution in [3.05, 3.63) is 0 Å². The molecule has 156 valence electrons. The molecule has 0 bridgehead atoms. The molecule has 0 aliphatic heterocycles. The van der Waals surface area contributed by atoms with Crippen LogP contribution in [0, 0.1) is 17.8 Å². The number of hydrogen-bond donors (Lipinski definition) is 0. The second-order valence-electron chi connectivity index (χ2n) is 9.28. The average Bonchev–Trinajstić information content (AvgIpc) is 2.89. The van der Waals surface area contributed by atoms with Crippen molar-refractivity contribution in [1.29, 1.82) is 0 Å². The van der Waals surface area contributed by atoms with Crippen molar-refractivity contribution in [1.82, 2.24) is 0 Å². The molecular weight excluding hydrogens is 340 g/mol. The summed E-state index contributed by atoms with van der Waals surface area (Å²) in [5, 5.41) is 0. The first-order chi connectivity index (χ1) is 12.9. The number of carbonyl (C=O) groups excluding carboxylic acids is 2. The third-order valence-corrected chi connectivity index (χ3v) is 6.74. The normalized spacial score (nSPS) is 29.9. The van der Waals surface area contributed by atoms with Gasteiger partial charge in [0.15, 0.2) is 17.7 Å². The highest BCUT2D eigenvalue weighted by Crippen LogP contribution is 2.38. The molecule has 0 spiro atoms. The number of ether oxygens (including phenoxy) is 2. The third-order valence-electron chi connectivity index (χ3n) is 6.74. The maximum absolute atomic E-state index is 12.5. The standard InChI is InChI=1S/C23H40O4/c1-17(2)21-12-11-18(3)15-22(21)27-23(16-24,19(4)25)13-14-26-20-9-7-5-6-8-10-20/h16-18,20-22H,5-15H2,1-4H3. The van der Waals surface area contributed by atoms with Gasteiger partial charge in [-0.1, -0.05) is 52.9 Å². The molecule has 0 aromatic heterocycles. The highest BCUT2D eigenvalue weighted by Gasteiger charge is 2.42. The van der Waals surface area contributed by atoms with E-state index in [1.54, 1.807) is 0 Å². The SMILES string of the molecule is CC(=O)C(C=O)(CCOC1CCCCCC1)OC1CC(C)CCC1C(C)C. The Morgan fingerprint density at radius 2 is 1.78 bits per heavy atom. The Balaban J connectivity index is 2.01. The predicted molar refractivity (Wildman–Crippen MR) is 108 cm³/mol. The average molecular weight is 381 g/mol. The van der Waals surface area contributed by atoms with Crippen molar-refractivity contribution in [3.63, 3.8) is 0 Å². The molecule has 2 aliphatic rings. The summed E-state index contributed by atoms with van der Waals surface area (Å²) < 4.78 is 12.4.